The van der Waals surface area contributed by atoms with Gasteiger partial charge in [-0.25, -0.2) is 9.59 Å². The number of aromatic carboxylic acids is 1. The highest BCUT2D eigenvalue weighted by molar-refractivity contribution is 7.12. The van der Waals surface area contributed by atoms with Crippen molar-refractivity contribution in [3.63, 3.8) is 0 Å². The maximum atomic E-state index is 12.0. The van der Waals surface area contributed by atoms with Crippen LogP contribution in [0.2, 0.25) is 0 Å². The van der Waals surface area contributed by atoms with Crippen molar-refractivity contribution in [2.75, 3.05) is 0 Å². The summed E-state index contributed by atoms with van der Waals surface area (Å²) >= 11 is 0.952. The second-order valence-electron chi connectivity index (χ2n) is 4.54. The quantitative estimate of drug-likeness (QED) is 0.662. The van der Waals surface area contributed by atoms with E-state index in [1.807, 2.05) is 0 Å². The van der Waals surface area contributed by atoms with E-state index < -0.39 is 23.0 Å². The molecule has 1 N–H and O–H groups in total. The van der Waals surface area contributed by atoms with E-state index in [0.29, 0.717) is 0 Å². The van der Waals surface area contributed by atoms with Crippen LogP contribution in [0.15, 0.2) is 33.3 Å². The molecule has 0 radical (unpaired) electrons. The Morgan fingerprint density at radius 1 is 1.27 bits per heavy atom. The highest BCUT2D eigenvalue weighted by atomic mass is 32.1. The van der Waals surface area contributed by atoms with E-state index in [1.165, 1.54) is 48.5 Å². The molecular weight excluding hydrogens is 308 g/mol. The number of allylic oxidation sites excluding steroid dienone is 1. The molecule has 0 aliphatic rings. The molecule has 2 heterocycles. The molecule has 0 saturated carbocycles. The monoisotopic (exact) mass is 320 g/mol. The topological polar surface area (TPSA) is 98.4 Å². The summed E-state index contributed by atoms with van der Waals surface area (Å²) in [6.07, 6.45) is 3.82. The van der Waals surface area contributed by atoms with E-state index in [0.717, 1.165) is 15.9 Å². The first-order chi connectivity index (χ1) is 10.3. The number of carboxylic acids is 1. The van der Waals surface area contributed by atoms with Crippen LogP contribution >= 0.6 is 11.3 Å². The van der Waals surface area contributed by atoms with Gasteiger partial charge in [0.15, 0.2) is 5.78 Å². The van der Waals surface area contributed by atoms with Gasteiger partial charge in [0.25, 0.3) is 5.56 Å². The summed E-state index contributed by atoms with van der Waals surface area (Å²) in [4.78, 5) is 46.2. The summed E-state index contributed by atoms with van der Waals surface area (Å²) in [7, 11) is 2.85. The Labute approximate surface area is 128 Å². The van der Waals surface area contributed by atoms with E-state index in [4.69, 9.17) is 5.11 Å². The Morgan fingerprint density at radius 3 is 2.55 bits per heavy atom. The van der Waals surface area contributed by atoms with Crippen LogP contribution in [-0.2, 0) is 14.1 Å². The number of thiophene rings is 1. The van der Waals surface area contributed by atoms with E-state index in [9.17, 15) is 19.2 Å². The molecule has 0 amide bonds. The molecule has 0 aromatic carbocycles. The first kappa shape index (κ1) is 15.6. The average Bonchev–Trinajstić information content (AvgIpc) is 2.97. The Hall–Kier alpha value is -2.74. The molecule has 0 fully saturated rings. The molecule has 0 unspecified atom stereocenters. The number of ketones is 1. The minimum atomic E-state index is -1.10. The van der Waals surface area contributed by atoms with Gasteiger partial charge in [0.05, 0.1) is 5.56 Å². The Bertz CT molecular complexity index is 901. The van der Waals surface area contributed by atoms with Gasteiger partial charge >= 0.3 is 11.7 Å². The van der Waals surface area contributed by atoms with Crippen molar-refractivity contribution in [3.8, 4) is 0 Å². The number of rotatable bonds is 4. The lowest BCUT2D eigenvalue weighted by molar-refractivity contribution is 0.0702. The minimum Gasteiger partial charge on any atom is -0.477 e. The summed E-state index contributed by atoms with van der Waals surface area (Å²) in [5, 5.41) is 10.3. The van der Waals surface area contributed by atoms with Gasteiger partial charge in [-0.1, -0.05) is 0 Å². The number of aromatic nitrogens is 2. The van der Waals surface area contributed by atoms with Gasteiger partial charge in [-0.05, 0) is 18.2 Å². The Balaban J connectivity index is 2.32. The fraction of sp³-hybridized carbons (Fsp3) is 0.143. The van der Waals surface area contributed by atoms with Gasteiger partial charge in [-0.2, -0.15) is 0 Å². The number of hydrogen-bond acceptors (Lipinski definition) is 5. The van der Waals surface area contributed by atoms with Crippen molar-refractivity contribution in [1.82, 2.24) is 9.13 Å². The molecule has 0 saturated heterocycles. The molecule has 7 nitrogen and oxygen atoms in total. The lowest BCUT2D eigenvalue weighted by atomic mass is 10.2. The molecule has 22 heavy (non-hydrogen) atoms. The van der Waals surface area contributed by atoms with Crippen molar-refractivity contribution in [2.24, 2.45) is 14.1 Å². The van der Waals surface area contributed by atoms with Gasteiger partial charge in [-0.3, -0.25) is 14.2 Å². The van der Waals surface area contributed by atoms with Gasteiger partial charge in [0.2, 0.25) is 0 Å². The van der Waals surface area contributed by atoms with Crippen LogP contribution in [0.4, 0.5) is 0 Å². The van der Waals surface area contributed by atoms with E-state index in [1.54, 1.807) is 0 Å². The largest absolute Gasteiger partial charge is 0.477 e. The van der Waals surface area contributed by atoms with Crippen molar-refractivity contribution < 1.29 is 14.7 Å². The normalized spacial score (nSPS) is 11.0. The first-order valence-corrected chi connectivity index (χ1v) is 7.00. The molecule has 0 aliphatic heterocycles. The van der Waals surface area contributed by atoms with E-state index >= 15 is 0 Å². The highest BCUT2D eigenvalue weighted by Gasteiger charge is 2.11. The molecule has 0 aliphatic carbocycles. The van der Waals surface area contributed by atoms with E-state index in [-0.39, 0.29) is 16.0 Å². The summed E-state index contributed by atoms with van der Waals surface area (Å²) < 4.78 is 2.18. The summed E-state index contributed by atoms with van der Waals surface area (Å²) in [5.41, 5.74) is -0.548. The molecule has 2 aromatic rings. The first-order valence-electron chi connectivity index (χ1n) is 6.12. The smallest absolute Gasteiger partial charge is 0.345 e. The number of carbonyl (C=O) groups is 2. The third kappa shape index (κ3) is 2.96. The zero-order valence-corrected chi connectivity index (χ0v) is 12.6. The molecule has 2 rings (SSSR count). The van der Waals surface area contributed by atoms with Crippen LogP contribution in [0.25, 0.3) is 6.08 Å². The molecule has 114 valence electrons. The zero-order chi connectivity index (χ0) is 16.4. The summed E-state index contributed by atoms with van der Waals surface area (Å²) in [5.74, 6) is -1.51. The van der Waals surface area contributed by atoms with E-state index in [2.05, 4.69) is 0 Å². The predicted octanol–water partition coefficient (Wildman–Crippen LogP) is 0.740. The van der Waals surface area contributed by atoms with Crippen LogP contribution in [0.1, 0.15) is 25.6 Å². The molecule has 0 spiro atoms. The lowest BCUT2D eigenvalue weighted by Crippen LogP contribution is -2.37. The molecule has 8 heteroatoms. The standard InChI is InChI=1S/C14H12N2O5S/c1-15-6-8(12(18)16(2)14(15)21)3-4-10(17)9-5-11(13(19)20)22-7-9/h3-7H,1-2H3,(H,19,20). The van der Waals surface area contributed by atoms with Crippen molar-refractivity contribution in [1.29, 1.82) is 0 Å². The van der Waals surface area contributed by atoms with Crippen molar-refractivity contribution in [3.05, 3.63) is 60.6 Å². The number of hydrogen-bond donors (Lipinski definition) is 1. The number of nitrogens with zero attached hydrogens (tertiary/aromatic N) is 2. The molecule has 2 aromatic heterocycles. The Morgan fingerprint density at radius 2 is 1.95 bits per heavy atom. The number of carbonyl (C=O) groups excluding carboxylic acids is 1. The second-order valence-corrected chi connectivity index (χ2v) is 5.46. The average molecular weight is 320 g/mol. The molecule has 0 atom stereocenters. The summed E-state index contributed by atoms with van der Waals surface area (Å²) in [6, 6.07) is 1.28. The molecular formula is C14H12N2O5S. The van der Waals surface area contributed by atoms with Gasteiger partial charge < -0.3 is 9.67 Å². The van der Waals surface area contributed by atoms with Gasteiger partial charge in [0.1, 0.15) is 4.88 Å². The maximum absolute atomic E-state index is 12.0. The second kappa shape index (κ2) is 5.94. The number of carboxylic acid groups (broad SMARTS) is 1. The van der Waals surface area contributed by atoms with Crippen LogP contribution in [0, 0.1) is 0 Å². The van der Waals surface area contributed by atoms with Gasteiger partial charge in [0, 0.05) is 31.2 Å². The van der Waals surface area contributed by atoms with Crippen LogP contribution < -0.4 is 11.2 Å². The SMILES string of the molecule is Cn1cc(C=CC(=O)c2csc(C(=O)O)c2)c(=O)n(C)c1=O. The van der Waals surface area contributed by atoms with Crippen LogP contribution in [0.5, 0.6) is 0 Å². The molecule has 0 bridgehead atoms. The fourth-order valence-corrected chi connectivity index (χ4v) is 2.52. The van der Waals surface area contributed by atoms with Crippen molar-refractivity contribution >= 4 is 29.2 Å². The highest BCUT2D eigenvalue weighted by Crippen LogP contribution is 2.15. The third-order valence-corrected chi connectivity index (χ3v) is 3.90. The van der Waals surface area contributed by atoms with Crippen LogP contribution in [0.3, 0.4) is 0 Å². The predicted molar refractivity (Wildman–Crippen MR) is 81.6 cm³/mol. The summed E-state index contributed by atoms with van der Waals surface area (Å²) in [6.45, 7) is 0. The zero-order valence-electron chi connectivity index (χ0n) is 11.8. The number of aryl methyl sites for hydroxylation is 1. The van der Waals surface area contributed by atoms with Gasteiger partial charge in [-0.15, -0.1) is 11.3 Å². The van der Waals surface area contributed by atoms with Crippen LogP contribution in [-0.4, -0.2) is 26.0 Å². The minimum absolute atomic E-state index is 0.0646. The third-order valence-electron chi connectivity index (χ3n) is 2.98. The maximum Gasteiger partial charge on any atom is 0.345 e. The Kier molecular flexibility index (Phi) is 4.22. The lowest BCUT2D eigenvalue weighted by Gasteiger charge is -2.02. The fourth-order valence-electron chi connectivity index (χ4n) is 1.79. The van der Waals surface area contributed by atoms with Crippen molar-refractivity contribution in [2.45, 2.75) is 0 Å².